The van der Waals surface area contributed by atoms with E-state index in [4.69, 9.17) is 4.74 Å². The van der Waals surface area contributed by atoms with Crippen molar-refractivity contribution in [2.75, 3.05) is 11.9 Å². The van der Waals surface area contributed by atoms with Crippen molar-refractivity contribution >= 4 is 34.2 Å². The predicted octanol–water partition coefficient (Wildman–Crippen LogP) is 4.32. The number of likely N-dealkylation sites (tertiary alicyclic amines) is 1. The summed E-state index contributed by atoms with van der Waals surface area (Å²) in [5.74, 6) is 0.0957. The summed E-state index contributed by atoms with van der Waals surface area (Å²) in [4.78, 5) is 41.4. The van der Waals surface area contributed by atoms with Crippen LogP contribution in [0, 0.1) is 10.1 Å². The standard InChI is InChI=1S/C21H18N4O5S/c26-19(18-7-4-12-24(18)21(27)30-16-5-2-1-3-6-16)23-20-22-17(13-31-20)14-8-10-15(11-9-14)25(28)29/h1-3,5-6,8-11,13,18H,4,7,12H2,(H,22,23,26)/t18-/m0/s1. The highest BCUT2D eigenvalue weighted by atomic mass is 32.1. The topological polar surface area (TPSA) is 115 Å². The number of nitro groups is 1. The molecule has 2 aromatic carbocycles. The molecule has 0 radical (unpaired) electrons. The van der Waals surface area contributed by atoms with Crippen LogP contribution >= 0.6 is 11.3 Å². The van der Waals surface area contributed by atoms with Gasteiger partial charge in [0.15, 0.2) is 5.13 Å². The van der Waals surface area contributed by atoms with Gasteiger partial charge in [0.05, 0.1) is 10.6 Å². The molecule has 0 spiro atoms. The van der Waals surface area contributed by atoms with E-state index >= 15 is 0 Å². The van der Waals surface area contributed by atoms with E-state index in [1.807, 2.05) is 6.07 Å². The highest BCUT2D eigenvalue weighted by Gasteiger charge is 2.35. The number of aromatic nitrogens is 1. The molecule has 3 aromatic rings. The summed E-state index contributed by atoms with van der Waals surface area (Å²) in [6, 6.07) is 14.1. The van der Waals surface area contributed by atoms with Gasteiger partial charge >= 0.3 is 6.09 Å². The molecular formula is C21H18N4O5S. The van der Waals surface area contributed by atoms with Crippen LogP contribution < -0.4 is 10.1 Å². The van der Waals surface area contributed by atoms with E-state index in [2.05, 4.69) is 10.3 Å². The average molecular weight is 438 g/mol. The molecule has 0 unspecified atom stereocenters. The molecule has 0 bridgehead atoms. The smallest absolute Gasteiger partial charge is 0.410 e. The van der Waals surface area contributed by atoms with Crippen molar-refractivity contribution in [2.24, 2.45) is 0 Å². The van der Waals surface area contributed by atoms with E-state index in [9.17, 15) is 19.7 Å². The zero-order valence-corrected chi connectivity index (χ0v) is 17.1. The predicted molar refractivity (Wildman–Crippen MR) is 115 cm³/mol. The van der Waals surface area contributed by atoms with E-state index in [0.29, 0.717) is 41.5 Å². The molecule has 1 aliphatic rings. The number of hydrogen-bond donors (Lipinski definition) is 1. The maximum atomic E-state index is 12.8. The first-order valence-electron chi connectivity index (χ1n) is 9.56. The molecule has 1 N–H and O–H groups in total. The van der Waals surface area contributed by atoms with Crippen molar-refractivity contribution < 1.29 is 19.2 Å². The lowest BCUT2D eigenvalue weighted by Gasteiger charge is -2.22. The van der Waals surface area contributed by atoms with Crippen molar-refractivity contribution in [3.63, 3.8) is 0 Å². The Kier molecular flexibility index (Phi) is 5.89. The number of amides is 2. The maximum Gasteiger partial charge on any atom is 0.415 e. The van der Waals surface area contributed by atoms with E-state index in [-0.39, 0.29) is 11.6 Å². The van der Waals surface area contributed by atoms with Crippen LogP contribution in [0.5, 0.6) is 5.75 Å². The number of non-ortho nitro benzene ring substituents is 1. The molecule has 9 nitrogen and oxygen atoms in total. The first-order valence-corrected chi connectivity index (χ1v) is 10.4. The lowest BCUT2D eigenvalue weighted by molar-refractivity contribution is -0.384. The number of rotatable bonds is 5. The van der Waals surface area contributed by atoms with Crippen LogP contribution in [0.3, 0.4) is 0 Å². The fourth-order valence-electron chi connectivity index (χ4n) is 3.31. The minimum Gasteiger partial charge on any atom is -0.410 e. The number of nitrogens with one attached hydrogen (secondary N) is 1. The fourth-order valence-corrected chi connectivity index (χ4v) is 4.03. The number of nitrogens with zero attached hydrogens (tertiary/aromatic N) is 3. The maximum absolute atomic E-state index is 12.8. The Hall–Kier alpha value is -3.79. The Bertz CT molecular complexity index is 1100. The molecular weight excluding hydrogens is 420 g/mol. The zero-order valence-electron chi connectivity index (χ0n) is 16.3. The summed E-state index contributed by atoms with van der Waals surface area (Å²) in [6.45, 7) is 0.440. The zero-order chi connectivity index (χ0) is 21.8. The minimum absolute atomic E-state index is 0.00350. The Balaban J connectivity index is 1.40. The number of benzene rings is 2. The first-order chi connectivity index (χ1) is 15.0. The third-order valence-corrected chi connectivity index (χ3v) is 5.60. The highest BCUT2D eigenvalue weighted by Crippen LogP contribution is 2.28. The molecule has 4 rings (SSSR count). The molecule has 31 heavy (non-hydrogen) atoms. The van der Waals surface area contributed by atoms with Crippen LogP contribution in [-0.4, -0.2) is 39.4 Å². The van der Waals surface area contributed by atoms with Crippen LogP contribution in [0.25, 0.3) is 11.3 Å². The second-order valence-electron chi connectivity index (χ2n) is 6.86. The quantitative estimate of drug-likeness (QED) is 0.469. The molecule has 2 heterocycles. The van der Waals surface area contributed by atoms with E-state index in [1.165, 1.54) is 28.4 Å². The van der Waals surface area contributed by atoms with Gasteiger partial charge in [0.1, 0.15) is 11.8 Å². The molecule has 1 aromatic heterocycles. The van der Waals surface area contributed by atoms with Crippen molar-refractivity contribution in [1.82, 2.24) is 9.88 Å². The van der Waals surface area contributed by atoms with Crippen molar-refractivity contribution in [3.05, 3.63) is 70.1 Å². The first kappa shape index (κ1) is 20.5. The number of hydrogen-bond acceptors (Lipinski definition) is 7. The van der Waals surface area contributed by atoms with Crippen molar-refractivity contribution in [1.29, 1.82) is 0 Å². The number of para-hydroxylation sites is 1. The van der Waals surface area contributed by atoms with Gasteiger partial charge in [-0.2, -0.15) is 0 Å². The second-order valence-corrected chi connectivity index (χ2v) is 7.72. The molecule has 1 saturated heterocycles. The number of nitro benzene ring substituents is 1. The third-order valence-electron chi connectivity index (χ3n) is 4.85. The summed E-state index contributed by atoms with van der Waals surface area (Å²) < 4.78 is 5.36. The average Bonchev–Trinajstić information content (AvgIpc) is 3.44. The SMILES string of the molecule is O=C(Nc1nc(-c2ccc([N+](=O)[O-])cc2)cs1)[C@@H]1CCCN1C(=O)Oc1ccccc1. The van der Waals surface area contributed by atoms with Gasteiger partial charge in [-0.3, -0.25) is 19.8 Å². The van der Waals surface area contributed by atoms with E-state index in [1.54, 1.807) is 41.8 Å². The fraction of sp³-hybridized carbons (Fsp3) is 0.190. The van der Waals surface area contributed by atoms with Crippen LogP contribution in [0.2, 0.25) is 0 Å². The molecule has 1 aliphatic heterocycles. The molecule has 0 saturated carbocycles. The molecule has 1 fully saturated rings. The lowest BCUT2D eigenvalue weighted by Crippen LogP contribution is -2.44. The molecule has 2 amide bonds. The summed E-state index contributed by atoms with van der Waals surface area (Å²) in [5, 5.41) is 15.7. The number of thiazole rings is 1. The van der Waals surface area contributed by atoms with Crippen molar-refractivity contribution in [2.45, 2.75) is 18.9 Å². The van der Waals surface area contributed by atoms with Gasteiger partial charge in [0, 0.05) is 29.6 Å². The molecule has 0 aliphatic carbocycles. The Morgan fingerprint density at radius 1 is 1.16 bits per heavy atom. The van der Waals surface area contributed by atoms with Crippen LogP contribution in [-0.2, 0) is 4.79 Å². The van der Waals surface area contributed by atoms with E-state index < -0.39 is 17.1 Å². The highest BCUT2D eigenvalue weighted by molar-refractivity contribution is 7.14. The van der Waals surface area contributed by atoms with Gasteiger partial charge in [-0.1, -0.05) is 18.2 Å². The Labute approximate surface area is 181 Å². The minimum atomic E-state index is -0.636. The summed E-state index contributed by atoms with van der Waals surface area (Å²) >= 11 is 1.24. The lowest BCUT2D eigenvalue weighted by atomic mass is 10.1. The third kappa shape index (κ3) is 4.69. The summed E-state index contributed by atoms with van der Waals surface area (Å²) in [6.07, 6.45) is 0.680. The van der Waals surface area contributed by atoms with Gasteiger partial charge < -0.3 is 10.1 Å². The van der Waals surface area contributed by atoms with Gasteiger partial charge in [-0.05, 0) is 37.1 Å². The normalized spacial score (nSPS) is 15.5. The van der Waals surface area contributed by atoms with E-state index in [0.717, 1.165) is 0 Å². The second kappa shape index (κ2) is 8.92. The van der Waals surface area contributed by atoms with Crippen LogP contribution in [0.15, 0.2) is 60.0 Å². The summed E-state index contributed by atoms with van der Waals surface area (Å²) in [7, 11) is 0. The van der Waals surface area contributed by atoms with Gasteiger partial charge in [-0.25, -0.2) is 9.78 Å². The molecule has 10 heteroatoms. The van der Waals surface area contributed by atoms with Crippen molar-refractivity contribution in [3.8, 4) is 17.0 Å². The Morgan fingerprint density at radius 3 is 2.61 bits per heavy atom. The van der Waals surface area contributed by atoms with Gasteiger partial charge in [0.25, 0.3) is 5.69 Å². The Morgan fingerprint density at radius 2 is 1.90 bits per heavy atom. The van der Waals surface area contributed by atoms with Gasteiger partial charge in [0.2, 0.25) is 5.91 Å². The van der Waals surface area contributed by atoms with Gasteiger partial charge in [-0.15, -0.1) is 11.3 Å². The number of carbonyl (C=O) groups is 2. The number of ether oxygens (including phenoxy) is 1. The monoisotopic (exact) mass is 438 g/mol. The van der Waals surface area contributed by atoms with Crippen LogP contribution in [0.4, 0.5) is 15.6 Å². The number of anilines is 1. The largest absolute Gasteiger partial charge is 0.415 e. The molecule has 1 atom stereocenters. The summed E-state index contributed by atoms with van der Waals surface area (Å²) in [5.41, 5.74) is 1.30. The molecule has 158 valence electrons. The number of carbonyl (C=O) groups excluding carboxylic acids is 2. The van der Waals surface area contributed by atoms with Crippen LogP contribution in [0.1, 0.15) is 12.8 Å².